The van der Waals surface area contributed by atoms with Gasteiger partial charge in [-0.15, -0.1) is 0 Å². The van der Waals surface area contributed by atoms with Gasteiger partial charge in [0, 0.05) is 6.54 Å². The Morgan fingerprint density at radius 2 is 1.77 bits per heavy atom. The fraction of sp³-hybridized carbons (Fsp3) is 0.316. The highest BCUT2D eigenvalue weighted by Crippen LogP contribution is 2.37. The molecule has 0 fully saturated rings. The van der Waals surface area contributed by atoms with Crippen LogP contribution in [0.5, 0.6) is 0 Å². The zero-order valence-electron chi connectivity index (χ0n) is 13.0. The van der Waals surface area contributed by atoms with E-state index in [1.807, 2.05) is 18.2 Å². The SMILES string of the molecule is Cc1ccccc1[C@@H]1c2ccccc2CCN1C(C)C(=O)O. The van der Waals surface area contributed by atoms with E-state index in [1.54, 1.807) is 6.92 Å². The maximum absolute atomic E-state index is 11.5. The summed E-state index contributed by atoms with van der Waals surface area (Å²) >= 11 is 0. The zero-order chi connectivity index (χ0) is 15.7. The Morgan fingerprint density at radius 1 is 1.14 bits per heavy atom. The number of carboxylic acids is 1. The quantitative estimate of drug-likeness (QED) is 0.943. The molecule has 1 heterocycles. The standard InChI is InChI=1S/C19H21NO2/c1-13-7-3-5-9-16(13)18-17-10-6-4-8-15(17)11-12-20(18)14(2)19(21)22/h3-10,14,18H,11-12H2,1-2H3,(H,21,22)/t14?,18-/m1/s1. The molecule has 2 aromatic rings. The molecule has 1 aliphatic rings. The van der Waals surface area contributed by atoms with Gasteiger partial charge in [0.05, 0.1) is 6.04 Å². The first-order valence-corrected chi connectivity index (χ1v) is 7.71. The van der Waals surface area contributed by atoms with Crippen molar-refractivity contribution < 1.29 is 9.90 Å². The largest absolute Gasteiger partial charge is 0.480 e. The molecule has 0 amide bonds. The van der Waals surface area contributed by atoms with Crippen LogP contribution in [-0.4, -0.2) is 28.6 Å². The molecule has 22 heavy (non-hydrogen) atoms. The van der Waals surface area contributed by atoms with Gasteiger partial charge in [-0.1, -0.05) is 48.5 Å². The lowest BCUT2D eigenvalue weighted by molar-refractivity contribution is -0.143. The highest BCUT2D eigenvalue weighted by molar-refractivity contribution is 5.73. The van der Waals surface area contributed by atoms with Crippen LogP contribution in [-0.2, 0) is 11.2 Å². The molecule has 0 saturated carbocycles. The molecule has 0 spiro atoms. The van der Waals surface area contributed by atoms with Gasteiger partial charge in [-0.25, -0.2) is 0 Å². The molecule has 0 aliphatic carbocycles. The van der Waals surface area contributed by atoms with Gasteiger partial charge >= 0.3 is 5.97 Å². The summed E-state index contributed by atoms with van der Waals surface area (Å²) in [5, 5.41) is 9.47. The van der Waals surface area contributed by atoms with E-state index in [-0.39, 0.29) is 6.04 Å². The lowest BCUT2D eigenvalue weighted by Crippen LogP contribution is -2.45. The Morgan fingerprint density at radius 3 is 2.45 bits per heavy atom. The first-order chi connectivity index (χ1) is 10.6. The Bertz CT molecular complexity index is 695. The van der Waals surface area contributed by atoms with Crippen molar-refractivity contribution in [2.24, 2.45) is 0 Å². The number of aryl methyl sites for hydroxylation is 1. The Kier molecular flexibility index (Phi) is 3.99. The summed E-state index contributed by atoms with van der Waals surface area (Å²) in [4.78, 5) is 13.6. The zero-order valence-corrected chi connectivity index (χ0v) is 13.0. The van der Waals surface area contributed by atoms with Crippen molar-refractivity contribution in [2.45, 2.75) is 32.4 Å². The fourth-order valence-electron chi connectivity index (χ4n) is 3.38. The average molecular weight is 295 g/mol. The summed E-state index contributed by atoms with van der Waals surface area (Å²) in [6.07, 6.45) is 0.899. The monoisotopic (exact) mass is 295 g/mol. The summed E-state index contributed by atoms with van der Waals surface area (Å²) in [6.45, 7) is 4.64. The van der Waals surface area contributed by atoms with Crippen LogP contribution in [0.3, 0.4) is 0 Å². The third-order valence-electron chi connectivity index (χ3n) is 4.66. The van der Waals surface area contributed by atoms with Gasteiger partial charge in [0.25, 0.3) is 0 Å². The Balaban J connectivity index is 2.14. The van der Waals surface area contributed by atoms with E-state index in [4.69, 9.17) is 0 Å². The Labute approximate surface area is 131 Å². The number of nitrogens with zero attached hydrogens (tertiary/aromatic N) is 1. The van der Waals surface area contributed by atoms with Crippen LogP contribution in [0.15, 0.2) is 48.5 Å². The summed E-state index contributed by atoms with van der Waals surface area (Å²) in [7, 11) is 0. The fourth-order valence-corrected chi connectivity index (χ4v) is 3.38. The molecule has 0 saturated heterocycles. The number of hydrogen-bond acceptors (Lipinski definition) is 2. The third kappa shape index (κ3) is 2.53. The molecule has 0 bridgehead atoms. The minimum Gasteiger partial charge on any atom is -0.480 e. The molecule has 114 valence electrons. The minimum atomic E-state index is -0.766. The molecule has 0 radical (unpaired) electrons. The molecule has 0 aromatic heterocycles. The van der Waals surface area contributed by atoms with Crippen LogP contribution >= 0.6 is 0 Å². The second-order valence-corrected chi connectivity index (χ2v) is 5.96. The molecule has 1 aliphatic heterocycles. The number of carbonyl (C=O) groups is 1. The van der Waals surface area contributed by atoms with Gasteiger partial charge in [0.2, 0.25) is 0 Å². The van der Waals surface area contributed by atoms with E-state index in [0.29, 0.717) is 0 Å². The number of rotatable bonds is 3. The first-order valence-electron chi connectivity index (χ1n) is 7.71. The topological polar surface area (TPSA) is 40.5 Å². The molecule has 3 heteroatoms. The summed E-state index contributed by atoms with van der Waals surface area (Å²) in [5.74, 6) is -0.766. The van der Waals surface area contributed by atoms with Crippen molar-refractivity contribution in [3.8, 4) is 0 Å². The van der Waals surface area contributed by atoms with Gasteiger partial charge in [0.15, 0.2) is 0 Å². The van der Waals surface area contributed by atoms with Crippen LogP contribution in [0.1, 0.15) is 35.2 Å². The predicted octanol–water partition coefficient (Wildman–Crippen LogP) is 3.42. The van der Waals surface area contributed by atoms with Crippen molar-refractivity contribution in [3.05, 3.63) is 70.8 Å². The van der Waals surface area contributed by atoms with Gasteiger partial charge in [-0.05, 0) is 42.5 Å². The number of carboxylic acid groups (broad SMARTS) is 1. The van der Waals surface area contributed by atoms with Crippen LogP contribution in [0.25, 0.3) is 0 Å². The van der Waals surface area contributed by atoms with Crippen LogP contribution in [0, 0.1) is 6.92 Å². The lowest BCUT2D eigenvalue weighted by atomic mass is 9.85. The minimum absolute atomic E-state index is 0.0113. The second-order valence-electron chi connectivity index (χ2n) is 5.96. The number of benzene rings is 2. The average Bonchev–Trinajstić information content (AvgIpc) is 2.53. The van der Waals surface area contributed by atoms with Crippen LogP contribution in [0.4, 0.5) is 0 Å². The normalized spacial score (nSPS) is 19.5. The van der Waals surface area contributed by atoms with E-state index in [2.05, 4.69) is 42.2 Å². The summed E-state index contributed by atoms with van der Waals surface area (Å²) < 4.78 is 0. The highest BCUT2D eigenvalue weighted by atomic mass is 16.4. The van der Waals surface area contributed by atoms with Crippen molar-refractivity contribution in [1.29, 1.82) is 0 Å². The van der Waals surface area contributed by atoms with Crippen molar-refractivity contribution in [1.82, 2.24) is 4.90 Å². The third-order valence-corrected chi connectivity index (χ3v) is 4.66. The summed E-state index contributed by atoms with van der Waals surface area (Å²) in [6, 6.07) is 16.2. The van der Waals surface area contributed by atoms with Crippen molar-refractivity contribution >= 4 is 5.97 Å². The predicted molar refractivity (Wildman–Crippen MR) is 87.0 cm³/mol. The first kappa shape index (κ1) is 14.8. The van der Waals surface area contributed by atoms with Crippen LogP contribution < -0.4 is 0 Å². The molecule has 2 aromatic carbocycles. The molecule has 2 atom stereocenters. The van der Waals surface area contributed by atoms with Gasteiger partial charge in [0.1, 0.15) is 6.04 Å². The number of hydrogen-bond donors (Lipinski definition) is 1. The highest BCUT2D eigenvalue weighted by Gasteiger charge is 2.34. The Hall–Kier alpha value is -2.13. The molecule has 3 nitrogen and oxygen atoms in total. The molecule has 3 rings (SSSR count). The molecular weight excluding hydrogens is 274 g/mol. The molecule has 1 unspecified atom stereocenters. The van der Waals surface area contributed by atoms with Gasteiger partial charge < -0.3 is 5.11 Å². The van der Waals surface area contributed by atoms with Gasteiger partial charge in [-0.2, -0.15) is 0 Å². The smallest absolute Gasteiger partial charge is 0.320 e. The second kappa shape index (κ2) is 5.93. The van der Waals surface area contributed by atoms with E-state index >= 15 is 0 Å². The van der Waals surface area contributed by atoms with Crippen molar-refractivity contribution in [3.63, 3.8) is 0 Å². The molecule has 1 N–H and O–H groups in total. The number of fused-ring (bicyclic) bond motifs is 1. The van der Waals surface area contributed by atoms with Crippen molar-refractivity contribution in [2.75, 3.05) is 6.54 Å². The van der Waals surface area contributed by atoms with E-state index < -0.39 is 12.0 Å². The van der Waals surface area contributed by atoms with Gasteiger partial charge in [-0.3, -0.25) is 9.69 Å². The van der Waals surface area contributed by atoms with E-state index in [9.17, 15) is 9.90 Å². The van der Waals surface area contributed by atoms with E-state index in [1.165, 1.54) is 22.3 Å². The van der Waals surface area contributed by atoms with E-state index in [0.717, 1.165) is 13.0 Å². The van der Waals surface area contributed by atoms with Crippen LogP contribution in [0.2, 0.25) is 0 Å². The lowest BCUT2D eigenvalue weighted by Gasteiger charge is -2.40. The summed E-state index contributed by atoms with van der Waals surface area (Å²) in [5.41, 5.74) is 4.95. The maximum atomic E-state index is 11.5. The maximum Gasteiger partial charge on any atom is 0.320 e. The number of aliphatic carboxylic acids is 1. The molecular formula is C19H21NO2.